The highest BCUT2D eigenvalue weighted by Crippen LogP contribution is 2.33. The molecule has 1 N–H and O–H groups in total. The molecule has 2 aliphatic rings. The van der Waals surface area contributed by atoms with E-state index in [2.05, 4.69) is 31.5 Å². The molecular formula is C22H23FN6O. The van der Waals surface area contributed by atoms with Crippen molar-refractivity contribution >= 4 is 11.6 Å². The van der Waals surface area contributed by atoms with Gasteiger partial charge in [0.15, 0.2) is 0 Å². The van der Waals surface area contributed by atoms with Gasteiger partial charge in [-0.25, -0.2) is 4.39 Å². The highest BCUT2D eigenvalue weighted by molar-refractivity contribution is 6.01. The minimum Gasteiger partial charge on any atom is -0.319 e. The number of likely N-dealkylation sites (tertiary alicyclic amines) is 1. The molecule has 3 aromatic rings. The lowest BCUT2D eigenvalue weighted by atomic mass is 9.89. The van der Waals surface area contributed by atoms with E-state index in [0.717, 1.165) is 49.8 Å². The second kappa shape index (κ2) is 7.60. The molecule has 0 bridgehead atoms. The third-order valence-corrected chi connectivity index (χ3v) is 5.96. The largest absolute Gasteiger partial charge is 0.319 e. The fourth-order valence-electron chi connectivity index (χ4n) is 4.59. The molecule has 154 valence electrons. The number of anilines is 1. The van der Waals surface area contributed by atoms with Crippen LogP contribution in [0.2, 0.25) is 0 Å². The first kappa shape index (κ1) is 18.9. The van der Waals surface area contributed by atoms with Crippen LogP contribution < -0.4 is 5.32 Å². The van der Waals surface area contributed by atoms with E-state index >= 15 is 0 Å². The number of pyridine rings is 1. The Labute approximate surface area is 174 Å². The number of amides is 1. The number of aryl methyl sites for hydroxylation is 1. The molecule has 2 aliphatic heterocycles. The molecule has 2 atom stereocenters. The molecule has 1 amide bonds. The predicted molar refractivity (Wildman–Crippen MR) is 109 cm³/mol. The van der Waals surface area contributed by atoms with Crippen LogP contribution in [0.3, 0.4) is 0 Å². The van der Waals surface area contributed by atoms with Crippen molar-refractivity contribution in [3.63, 3.8) is 0 Å². The summed E-state index contributed by atoms with van der Waals surface area (Å²) in [6, 6.07) is 12.0. The summed E-state index contributed by atoms with van der Waals surface area (Å²) >= 11 is 0. The molecular weight excluding hydrogens is 383 g/mol. The van der Waals surface area contributed by atoms with Crippen LogP contribution in [0, 0.1) is 24.6 Å². The normalized spacial score (nSPS) is 20.6. The third kappa shape index (κ3) is 3.70. The number of fused-ring (bicyclic) bond motifs is 2. The molecule has 0 unspecified atom stereocenters. The van der Waals surface area contributed by atoms with Gasteiger partial charge in [0.05, 0.1) is 5.69 Å². The molecule has 8 heteroatoms. The topological polar surface area (TPSA) is 75.9 Å². The fraction of sp³-hybridized carbons (Fsp3) is 0.364. The summed E-state index contributed by atoms with van der Waals surface area (Å²) in [7, 11) is 0. The van der Waals surface area contributed by atoms with Gasteiger partial charge in [0.2, 0.25) is 5.82 Å². The molecule has 7 nitrogen and oxygen atoms in total. The van der Waals surface area contributed by atoms with E-state index in [1.807, 2.05) is 23.6 Å². The lowest BCUT2D eigenvalue weighted by molar-refractivity contribution is 0.100. The zero-order chi connectivity index (χ0) is 20.7. The summed E-state index contributed by atoms with van der Waals surface area (Å²) in [5.74, 6) is 1.32. The second-order valence-corrected chi connectivity index (χ2v) is 8.20. The van der Waals surface area contributed by atoms with Crippen molar-refractivity contribution in [3.05, 3.63) is 71.3 Å². The van der Waals surface area contributed by atoms with Gasteiger partial charge >= 0.3 is 0 Å². The van der Waals surface area contributed by atoms with Gasteiger partial charge in [0.1, 0.15) is 11.6 Å². The molecule has 0 saturated carbocycles. The van der Waals surface area contributed by atoms with E-state index in [4.69, 9.17) is 0 Å². The van der Waals surface area contributed by atoms with E-state index in [-0.39, 0.29) is 11.7 Å². The fourth-order valence-corrected chi connectivity index (χ4v) is 4.59. The first-order valence-corrected chi connectivity index (χ1v) is 10.2. The van der Waals surface area contributed by atoms with Crippen molar-refractivity contribution in [2.75, 3.05) is 18.4 Å². The summed E-state index contributed by atoms with van der Waals surface area (Å²) in [5, 5.41) is 11.1. The molecule has 2 aromatic heterocycles. The van der Waals surface area contributed by atoms with Gasteiger partial charge in [-0.2, -0.15) is 0 Å². The van der Waals surface area contributed by atoms with Gasteiger partial charge in [0.25, 0.3) is 5.91 Å². The number of aromatic nitrogens is 4. The van der Waals surface area contributed by atoms with Crippen molar-refractivity contribution in [1.29, 1.82) is 0 Å². The third-order valence-electron chi connectivity index (χ3n) is 5.96. The molecule has 1 fully saturated rings. The highest BCUT2D eigenvalue weighted by Gasteiger charge is 2.39. The van der Waals surface area contributed by atoms with Gasteiger partial charge in [-0.1, -0.05) is 12.1 Å². The lowest BCUT2D eigenvalue weighted by Crippen LogP contribution is -2.31. The summed E-state index contributed by atoms with van der Waals surface area (Å²) in [4.78, 5) is 19.8. The van der Waals surface area contributed by atoms with Crippen LogP contribution in [0.15, 0.2) is 42.5 Å². The van der Waals surface area contributed by atoms with Gasteiger partial charge < -0.3 is 9.88 Å². The van der Waals surface area contributed by atoms with E-state index in [1.54, 1.807) is 12.1 Å². The van der Waals surface area contributed by atoms with Gasteiger partial charge in [-0.05, 0) is 49.1 Å². The highest BCUT2D eigenvalue weighted by atomic mass is 19.1. The molecule has 0 radical (unpaired) electrons. The molecule has 1 aromatic carbocycles. The number of carbonyl (C=O) groups is 1. The second-order valence-electron chi connectivity index (χ2n) is 8.20. The minimum absolute atomic E-state index is 0.284. The molecule has 0 aliphatic carbocycles. The monoisotopic (exact) mass is 406 g/mol. The Hall–Kier alpha value is -3.13. The number of halogens is 1. The van der Waals surface area contributed by atoms with Crippen molar-refractivity contribution in [2.45, 2.75) is 26.4 Å². The molecule has 1 saturated heterocycles. The zero-order valence-corrected chi connectivity index (χ0v) is 16.8. The lowest BCUT2D eigenvalue weighted by Gasteiger charge is -2.25. The summed E-state index contributed by atoms with van der Waals surface area (Å²) in [6.45, 7) is 5.52. The Balaban J connectivity index is 1.28. The quantitative estimate of drug-likeness (QED) is 0.721. The maximum absolute atomic E-state index is 13.4. The average molecular weight is 406 g/mol. The van der Waals surface area contributed by atoms with Crippen LogP contribution in [0.1, 0.15) is 27.8 Å². The minimum atomic E-state index is -0.395. The number of nitrogens with zero attached hydrogens (tertiary/aromatic N) is 5. The van der Waals surface area contributed by atoms with Crippen LogP contribution in [0.25, 0.3) is 0 Å². The molecule has 30 heavy (non-hydrogen) atoms. The Morgan fingerprint density at radius 1 is 1.13 bits per heavy atom. The standard InChI is InChI=1S/C22H23FN6O/c1-14-4-2-7-19(24-14)13-28-10-15-8-20-26-27-21(29(20)12-16(15)11-28)22(30)25-18-6-3-5-17(23)9-18/h2-7,9,15-16H,8,10-13H2,1H3,(H,25,30)/t15-,16+/m0/s1. The Kier molecular flexibility index (Phi) is 4.78. The maximum Gasteiger partial charge on any atom is 0.293 e. The smallest absolute Gasteiger partial charge is 0.293 e. The van der Waals surface area contributed by atoms with Crippen LogP contribution in [-0.4, -0.2) is 43.6 Å². The van der Waals surface area contributed by atoms with Crippen molar-refractivity contribution in [2.24, 2.45) is 11.8 Å². The number of carbonyl (C=O) groups excluding carboxylic acids is 1. The Morgan fingerprint density at radius 2 is 1.97 bits per heavy atom. The van der Waals surface area contributed by atoms with Gasteiger partial charge in [-0.15, -0.1) is 10.2 Å². The number of hydrogen-bond donors (Lipinski definition) is 1. The number of hydrogen-bond acceptors (Lipinski definition) is 5. The summed E-state index contributed by atoms with van der Waals surface area (Å²) in [5.41, 5.74) is 2.52. The number of rotatable bonds is 4. The first-order chi connectivity index (χ1) is 14.5. The van der Waals surface area contributed by atoms with Crippen molar-refractivity contribution < 1.29 is 9.18 Å². The van der Waals surface area contributed by atoms with Crippen LogP contribution in [0.4, 0.5) is 10.1 Å². The van der Waals surface area contributed by atoms with Crippen LogP contribution in [0.5, 0.6) is 0 Å². The summed E-state index contributed by atoms with van der Waals surface area (Å²) < 4.78 is 15.3. The van der Waals surface area contributed by atoms with E-state index < -0.39 is 5.82 Å². The average Bonchev–Trinajstić information content (AvgIpc) is 3.28. The molecule has 5 rings (SSSR count). The Bertz CT molecular complexity index is 1100. The van der Waals surface area contributed by atoms with Crippen molar-refractivity contribution in [3.8, 4) is 0 Å². The van der Waals surface area contributed by atoms with Crippen molar-refractivity contribution in [1.82, 2.24) is 24.6 Å². The van der Waals surface area contributed by atoms with E-state index in [9.17, 15) is 9.18 Å². The van der Waals surface area contributed by atoms with Gasteiger partial charge in [0, 0.05) is 44.0 Å². The predicted octanol–water partition coefficient (Wildman–Crippen LogP) is 2.68. The molecule has 4 heterocycles. The molecule has 0 spiro atoms. The SMILES string of the molecule is Cc1cccc(CN2C[C@@H]3Cn4c(nnc4C(=O)Nc4cccc(F)c4)C[C@H]3C2)n1. The Morgan fingerprint density at radius 3 is 2.80 bits per heavy atom. The summed E-state index contributed by atoms with van der Waals surface area (Å²) in [6.07, 6.45) is 0.808. The van der Waals surface area contributed by atoms with E-state index in [1.165, 1.54) is 12.1 Å². The van der Waals surface area contributed by atoms with Gasteiger partial charge in [-0.3, -0.25) is 14.7 Å². The van der Waals surface area contributed by atoms with Crippen LogP contribution in [-0.2, 0) is 19.5 Å². The van der Waals surface area contributed by atoms with E-state index in [0.29, 0.717) is 17.5 Å². The zero-order valence-electron chi connectivity index (χ0n) is 16.8. The number of benzene rings is 1. The number of nitrogens with one attached hydrogen (secondary N) is 1. The van der Waals surface area contributed by atoms with Crippen LogP contribution >= 0.6 is 0 Å². The first-order valence-electron chi connectivity index (χ1n) is 10.2. The maximum atomic E-state index is 13.4.